The van der Waals surface area contributed by atoms with Gasteiger partial charge in [0.2, 0.25) is 5.82 Å². The van der Waals surface area contributed by atoms with E-state index in [1.54, 1.807) is 17.7 Å². The molecule has 0 aliphatic carbocycles. The average Bonchev–Trinajstić information content (AvgIpc) is 3.17. The summed E-state index contributed by atoms with van der Waals surface area (Å²) in [5.74, 6) is 1.11. The van der Waals surface area contributed by atoms with Gasteiger partial charge in [0.15, 0.2) is 5.65 Å². The highest BCUT2D eigenvalue weighted by Gasteiger charge is 2.14. The summed E-state index contributed by atoms with van der Waals surface area (Å²) in [6, 6.07) is 5.81. The van der Waals surface area contributed by atoms with Gasteiger partial charge in [0.05, 0.1) is 4.88 Å². The molecule has 0 N–H and O–H groups in total. The van der Waals surface area contributed by atoms with Gasteiger partial charge >= 0.3 is 0 Å². The Bertz CT molecular complexity index is 891. The first-order chi connectivity index (χ1) is 9.81. The first kappa shape index (κ1) is 11.3. The molecule has 0 saturated carbocycles. The van der Waals surface area contributed by atoms with Gasteiger partial charge in [0.1, 0.15) is 6.33 Å². The number of fused-ring (bicyclic) bond motifs is 1. The van der Waals surface area contributed by atoms with Crippen LogP contribution in [0.3, 0.4) is 0 Å². The molecule has 6 nitrogen and oxygen atoms in total. The molecule has 0 aromatic carbocycles. The van der Waals surface area contributed by atoms with Crippen LogP contribution >= 0.6 is 11.3 Å². The van der Waals surface area contributed by atoms with Gasteiger partial charge in [0, 0.05) is 11.8 Å². The third-order valence-corrected chi connectivity index (χ3v) is 4.04. The summed E-state index contributed by atoms with van der Waals surface area (Å²) in [4.78, 5) is 5.46. The Kier molecular flexibility index (Phi) is 2.40. The molecule has 98 valence electrons. The van der Waals surface area contributed by atoms with Crippen LogP contribution in [0.1, 0.15) is 5.56 Å². The van der Waals surface area contributed by atoms with Crippen molar-refractivity contribution in [1.82, 2.24) is 24.7 Å². The molecule has 4 aromatic heterocycles. The number of aryl methyl sites for hydroxylation is 1. The van der Waals surface area contributed by atoms with Crippen molar-refractivity contribution in [3.05, 3.63) is 41.7 Å². The lowest BCUT2D eigenvalue weighted by atomic mass is 10.2. The van der Waals surface area contributed by atoms with Gasteiger partial charge in [-0.3, -0.25) is 4.40 Å². The maximum absolute atomic E-state index is 5.35. The lowest BCUT2D eigenvalue weighted by molar-refractivity contribution is 0.433. The number of pyridine rings is 1. The van der Waals surface area contributed by atoms with Gasteiger partial charge < -0.3 is 4.52 Å². The zero-order valence-corrected chi connectivity index (χ0v) is 11.3. The molecule has 4 aromatic rings. The van der Waals surface area contributed by atoms with Gasteiger partial charge in [-0.25, -0.2) is 0 Å². The van der Waals surface area contributed by atoms with Crippen LogP contribution in [0.4, 0.5) is 0 Å². The van der Waals surface area contributed by atoms with E-state index in [0.717, 1.165) is 21.7 Å². The summed E-state index contributed by atoms with van der Waals surface area (Å²) < 4.78 is 7.17. The molecule has 7 heteroatoms. The number of hydrogen-bond acceptors (Lipinski definition) is 6. The Balaban J connectivity index is 1.79. The van der Waals surface area contributed by atoms with Crippen LogP contribution in [0.15, 0.2) is 40.6 Å². The quantitative estimate of drug-likeness (QED) is 0.566. The van der Waals surface area contributed by atoms with E-state index in [1.807, 2.05) is 41.1 Å². The number of thiophene rings is 1. The van der Waals surface area contributed by atoms with Crippen molar-refractivity contribution in [2.75, 3.05) is 0 Å². The maximum atomic E-state index is 5.35. The van der Waals surface area contributed by atoms with Crippen LogP contribution in [0.5, 0.6) is 0 Å². The van der Waals surface area contributed by atoms with Crippen molar-refractivity contribution in [3.8, 4) is 22.2 Å². The Morgan fingerprint density at radius 2 is 2.20 bits per heavy atom. The summed E-state index contributed by atoms with van der Waals surface area (Å²) in [5.41, 5.74) is 2.78. The molecule has 0 spiro atoms. The maximum Gasteiger partial charge on any atom is 0.268 e. The second-order valence-electron chi connectivity index (χ2n) is 4.37. The van der Waals surface area contributed by atoms with Crippen LogP contribution in [0, 0.1) is 6.92 Å². The minimum absolute atomic E-state index is 0.552. The third-order valence-electron chi connectivity index (χ3n) is 3.03. The van der Waals surface area contributed by atoms with Gasteiger partial charge in [-0.05, 0) is 36.1 Å². The molecule has 20 heavy (non-hydrogen) atoms. The van der Waals surface area contributed by atoms with Crippen molar-refractivity contribution < 1.29 is 4.52 Å². The predicted molar refractivity (Wildman–Crippen MR) is 74.3 cm³/mol. The monoisotopic (exact) mass is 283 g/mol. The van der Waals surface area contributed by atoms with Gasteiger partial charge in [0.25, 0.3) is 5.89 Å². The fourth-order valence-electron chi connectivity index (χ4n) is 1.98. The van der Waals surface area contributed by atoms with E-state index < -0.39 is 0 Å². The SMILES string of the molecule is Cc1ccsc1-c1nc(-c2ccc3nncn3c2)no1. The third kappa shape index (κ3) is 1.71. The van der Waals surface area contributed by atoms with Gasteiger partial charge in [-0.1, -0.05) is 5.16 Å². The lowest BCUT2D eigenvalue weighted by Crippen LogP contribution is -1.87. The van der Waals surface area contributed by atoms with Crippen LogP contribution in [-0.2, 0) is 0 Å². The van der Waals surface area contributed by atoms with Crippen molar-refractivity contribution in [2.45, 2.75) is 6.92 Å². The molecule has 4 heterocycles. The van der Waals surface area contributed by atoms with Crippen molar-refractivity contribution >= 4 is 17.0 Å². The highest BCUT2D eigenvalue weighted by molar-refractivity contribution is 7.13. The molecule has 0 aliphatic rings. The summed E-state index contributed by atoms with van der Waals surface area (Å²) in [6.07, 6.45) is 3.52. The molecular formula is C13H9N5OS. The second kappa shape index (κ2) is 4.24. The molecule has 0 atom stereocenters. The molecule has 0 amide bonds. The number of hydrogen-bond donors (Lipinski definition) is 0. The second-order valence-corrected chi connectivity index (χ2v) is 5.29. The summed E-state index contributed by atoms with van der Waals surface area (Å²) in [7, 11) is 0. The molecule has 0 bridgehead atoms. The molecule has 0 aliphatic heterocycles. The molecule has 0 saturated heterocycles. The first-order valence-electron chi connectivity index (χ1n) is 5.99. The van der Waals surface area contributed by atoms with Crippen LogP contribution in [0.2, 0.25) is 0 Å². The molecule has 4 rings (SSSR count). The summed E-state index contributed by atoms with van der Waals surface area (Å²) in [6.45, 7) is 2.03. The highest BCUT2D eigenvalue weighted by Crippen LogP contribution is 2.29. The normalized spacial score (nSPS) is 11.2. The highest BCUT2D eigenvalue weighted by atomic mass is 32.1. The lowest BCUT2D eigenvalue weighted by Gasteiger charge is -1.95. The predicted octanol–water partition coefficient (Wildman–Crippen LogP) is 2.82. The van der Waals surface area contributed by atoms with E-state index >= 15 is 0 Å². The topological polar surface area (TPSA) is 69.1 Å². The van der Waals surface area contributed by atoms with Crippen molar-refractivity contribution in [3.63, 3.8) is 0 Å². The Labute approximate surface area is 117 Å². The zero-order valence-electron chi connectivity index (χ0n) is 10.5. The van der Waals surface area contributed by atoms with E-state index in [-0.39, 0.29) is 0 Å². The largest absolute Gasteiger partial charge is 0.333 e. The van der Waals surface area contributed by atoms with E-state index in [1.165, 1.54) is 0 Å². The Morgan fingerprint density at radius 1 is 1.25 bits per heavy atom. The molecule has 0 radical (unpaired) electrons. The van der Waals surface area contributed by atoms with E-state index in [9.17, 15) is 0 Å². The Morgan fingerprint density at radius 3 is 3.05 bits per heavy atom. The van der Waals surface area contributed by atoms with E-state index in [4.69, 9.17) is 4.52 Å². The summed E-state index contributed by atoms with van der Waals surface area (Å²) >= 11 is 1.59. The first-order valence-corrected chi connectivity index (χ1v) is 6.87. The van der Waals surface area contributed by atoms with Crippen molar-refractivity contribution in [2.24, 2.45) is 0 Å². The smallest absolute Gasteiger partial charge is 0.268 e. The fraction of sp³-hybridized carbons (Fsp3) is 0.0769. The fourth-order valence-corrected chi connectivity index (χ4v) is 2.83. The molecule has 0 fully saturated rings. The molecule has 0 unspecified atom stereocenters. The van der Waals surface area contributed by atoms with Crippen LogP contribution in [-0.4, -0.2) is 24.7 Å². The number of aromatic nitrogens is 5. The van der Waals surface area contributed by atoms with Crippen molar-refractivity contribution in [1.29, 1.82) is 0 Å². The molecular weight excluding hydrogens is 274 g/mol. The number of nitrogens with zero attached hydrogens (tertiary/aromatic N) is 5. The van der Waals surface area contributed by atoms with E-state index in [0.29, 0.717) is 11.7 Å². The average molecular weight is 283 g/mol. The minimum Gasteiger partial charge on any atom is -0.333 e. The minimum atomic E-state index is 0.552. The van der Waals surface area contributed by atoms with Crippen LogP contribution in [0.25, 0.3) is 27.8 Å². The zero-order chi connectivity index (χ0) is 13.5. The van der Waals surface area contributed by atoms with Gasteiger partial charge in [-0.2, -0.15) is 4.98 Å². The number of rotatable bonds is 2. The van der Waals surface area contributed by atoms with E-state index in [2.05, 4.69) is 20.3 Å². The van der Waals surface area contributed by atoms with Gasteiger partial charge in [-0.15, -0.1) is 21.5 Å². The standard InChI is InChI=1S/C13H9N5OS/c1-8-4-5-20-11(8)13-15-12(17-19-13)9-2-3-10-16-14-7-18(10)6-9/h2-7H,1H3. The van der Waals surface area contributed by atoms with Crippen LogP contribution < -0.4 is 0 Å². The Hall–Kier alpha value is -2.54. The summed E-state index contributed by atoms with van der Waals surface area (Å²) in [5, 5.41) is 13.9.